The predicted molar refractivity (Wildman–Crippen MR) is 95.2 cm³/mol. The van der Waals surface area contributed by atoms with E-state index in [1.165, 1.54) is 0 Å². The molecule has 0 amide bonds. The summed E-state index contributed by atoms with van der Waals surface area (Å²) in [6, 6.07) is 21.2. The van der Waals surface area contributed by atoms with Crippen LogP contribution < -0.4 is 10.5 Å². The Morgan fingerprint density at radius 3 is 2.38 bits per heavy atom. The number of anilines is 1. The molecule has 116 valence electrons. The molecule has 0 unspecified atom stereocenters. The van der Waals surface area contributed by atoms with Gasteiger partial charge in [0.05, 0.1) is 0 Å². The van der Waals surface area contributed by atoms with Crippen molar-refractivity contribution in [3.63, 3.8) is 0 Å². The van der Waals surface area contributed by atoms with Gasteiger partial charge in [-0.3, -0.25) is 4.79 Å². The zero-order valence-corrected chi connectivity index (χ0v) is 12.9. The highest BCUT2D eigenvalue weighted by molar-refractivity contribution is 6.10. The Kier molecular flexibility index (Phi) is 4.31. The fourth-order valence-electron chi connectivity index (χ4n) is 2.36. The number of rotatable bonds is 4. The van der Waals surface area contributed by atoms with Gasteiger partial charge in [-0.15, -0.1) is 6.42 Å². The Bertz CT molecular complexity index is 924. The molecule has 0 aliphatic rings. The molecule has 0 aliphatic carbocycles. The minimum atomic E-state index is -0.112. The van der Waals surface area contributed by atoms with Crippen molar-refractivity contribution in [3.05, 3.63) is 89.5 Å². The number of carbonyl (C=O) groups is 1. The van der Waals surface area contributed by atoms with E-state index in [0.29, 0.717) is 33.9 Å². The molecule has 0 heterocycles. The summed E-state index contributed by atoms with van der Waals surface area (Å²) in [5, 5.41) is 0. The Morgan fingerprint density at radius 1 is 0.917 bits per heavy atom. The van der Waals surface area contributed by atoms with Crippen LogP contribution in [-0.2, 0) is 0 Å². The normalized spacial score (nSPS) is 9.96. The average molecular weight is 313 g/mol. The first-order valence-corrected chi connectivity index (χ1v) is 7.41. The summed E-state index contributed by atoms with van der Waals surface area (Å²) >= 11 is 0. The molecule has 0 atom stereocenters. The van der Waals surface area contributed by atoms with E-state index in [1.54, 1.807) is 54.6 Å². The predicted octanol–water partition coefficient (Wildman–Crippen LogP) is 4.27. The van der Waals surface area contributed by atoms with Gasteiger partial charge >= 0.3 is 0 Å². The van der Waals surface area contributed by atoms with Gasteiger partial charge in [-0.05, 0) is 30.3 Å². The minimum Gasteiger partial charge on any atom is -0.457 e. The summed E-state index contributed by atoms with van der Waals surface area (Å²) in [6.07, 6.45) is 5.58. The van der Waals surface area contributed by atoms with Gasteiger partial charge < -0.3 is 10.5 Å². The van der Waals surface area contributed by atoms with E-state index in [9.17, 15) is 4.79 Å². The summed E-state index contributed by atoms with van der Waals surface area (Å²) < 4.78 is 5.76. The molecule has 0 bridgehead atoms. The van der Waals surface area contributed by atoms with Crippen LogP contribution in [-0.4, -0.2) is 5.78 Å². The minimum absolute atomic E-state index is 0.112. The van der Waals surface area contributed by atoms with Gasteiger partial charge in [0, 0.05) is 28.4 Å². The SMILES string of the molecule is C#Cc1cc(Oc2cccc(N)c2)ccc1C(=O)c1ccccc1. The van der Waals surface area contributed by atoms with Gasteiger partial charge in [-0.2, -0.15) is 0 Å². The third-order valence-electron chi connectivity index (χ3n) is 3.52. The number of nitrogen functional groups attached to an aromatic ring is 1. The fourth-order valence-corrected chi connectivity index (χ4v) is 2.36. The van der Waals surface area contributed by atoms with E-state index in [-0.39, 0.29) is 5.78 Å². The summed E-state index contributed by atoms with van der Waals surface area (Å²) in [5.74, 6) is 3.61. The maximum atomic E-state index is 12.6. The van der Waals surface area contributed by atoms with E-state index in [0.717, 1.165) is 0 Å². The van der Waals surface area contributed by atoms with Crippen LogP contribution in [0, 0.1) is 12.3 Å². The molecule has 0 aliphatic heterocycles. The smallest absolute Gasteiger partial charge is 0.194 e. The van der Waals surface area contributed by atoms with Crippen LogP contribution in [0.1, 0.15) is 21.5 Å². The van der Waals surface area contributed by atoms with Crippen LogP contribution in [0.3, 0.4) is 0 Å². The summed E-state index contributed by atoms with van der Waals surface area (Å²) in [6.45, 7) is 0. The van der Waals surface area contributed by atoms with Gasteiger partial charge in [0.25, 0.3) is 0 Å². The monoisotopic (exact) mass is 313 g/mol. The zero-order valence-electron chi connectivity index (χ0n) is 12.9. The van der Waals surface area contributed by atoms with Crippen molar-refractivity contribution >= 4 is 11.5 Å². The van der Waals surface area contributed by atoms with Crippen LogP contribution >= 0.6 is 0 Å². The first-order valence-electron chi connectivity index (χ1n) is 7.41. The average Bonchev–Trinajstić information content (AvgIpc) is 2.62. The molecule has 3 rings (SSSR count). The van der Waals surface area contributed by atoms with Crippen LogP contribution in [0.4, 0.5) is 5.69 Å². The second kappa shape index (κ2) is 6.72. The van der Waals surface area contributed by atoms with Crippen LogP contribution in [0.15, 0.2) is 72.8 Å². The quantitative estimate of drug-likeness (QED) is 0.444. The molecule has 0 aromatic heterocycles. The lowest BCUT2D eigenvalue weighted by Gasteiger charge is -2.09. The lowest BCUT2D eigenvalue weighted by atomic mass is 9.98. The maximum Gasteiger partial charge on any atom is 0.194 e. The van der Waals surface area contributed by atoms with Crippen LogP contribution in [0.5, 0.6) is 11.5 Å². The van der Waals surface area contributed by atoms with Gasteiger partial charge in [-0.1, -0.05) is 42.3 Å². The number of nitrogens with two attached hydrogens (primary N) is 1. The highest BCUT2D eigenvalue weighted by atomic mass is 16.5. The van der Waals surface area contributed by atoms with Crippen LogP contribution in [0.2, 0.25) is 0 Å². The zero-order chi connectivity index (χ0) is 16.9. The van der Waals surface area contributed by atoms with E-state index in [1.807, 2.05) is 18.2 Å². The molecule has 0 spiro atoms. The summed E-state index contributed by atoms with van der Waals surface area (Å²) in [5.41, 5.74) is 7.91. The molecule has 0 saturated carbocycles. The number of terminal acetylenes is 1. The number of hydrogen-bond donors (Lipinski definition) is 1. The molecule has 2 N–H and O–H groups in total. The van der Waals surface area contributed by atoms with E-state index in [2.05, 4.69) is 5.92 Å². The first kappa shape index (κ1) is 15.4. The molecule has 0 saturated heterocycles. The topological polar surface area (TPSA) is 52.3 Å². The number of ketones is 1. The van der Waals surface area contributed by atoms with Gasteiger partial charge in [0.1, 0.15) is 11.5 Å². The van der Waals surface area contributed by atoms with E-state index in [4.69, 9.17) is 16.9 Å². The van der Waals surface area contributed by atoms with Crippen LogP contribution in [0.25, 0.3) is 0 Å². The molecule has 0 fully saturated rings. The molecule has 3 nitrogen and oxygen atoms in total. The van der Waals surface area contributed by atoms with Gasteiger partial charge in [0.2, 0.25) is 0 Å². The second-order valence-electron chi connectivity index (χ2n) is 5.22. The number of carbonyl (C=O) groups excluding carboxylic acids is 1. The van der Waals surface area contributed by atoms with Crippen molar-refractivity contribution < 1.29 is 9.53 Å². The standard InChI is InChI=1S/C21H15NO2/c1-2-15-13-19(24-18-10-6-9-17(22)14-18)11-12-20(15)21(23)16-7-4-3-5-8-16/h1,3-14H,22H2. The molecule has 0 radical (unpaired) electrons. The Balaban J connectivity index is 1.91. The highest BCUT2D eigenvalue weighted by Crippen LogP contribution is 2.26. The third kappa shape index (κ3) is 3.29. The highest BCUT2D eigenvalue weighted by Gasteiger charge is 2.13. The maximum absolute atomic E-state index is 12.6. The largest absolute Gasteiger partial charge is 0.457 e. The molecule has 3 aromatic carbocycles. The number of hydrogen-bond acceptors (Lipinski definition) is 3. The van der Waals surface area contributed by atoms with Gasteiger partial charge in [-0.25, -0.2) is 0 Å². The Labute approximate surface area is 140 Å². The van der Waals surface area contributed by atoms with Crippen molar-refractivity contribution in [1.82, 2.24) is 0 Å². The van der Waals surface area contributed by atoms with Crippen molar-refractivity contribution in [2.24, 2.45) is 0 Å². The lowest BCUT2D eigenvalue weighted by molar-refractivity contribution is 0.103. The van der Waals surface area contributed by atoms with Crippen molar-refractivity contribution in [1.29, 1.82) is 0 Å². The lowest BCUT2D eigenvalue weighted by Crippen LogP contribution is -2.04. The molecule has 3 aromatic rings. The Morgan fingerprint density at radius 2 is 1.67 bits per heavy atom. The number of benzene rings is 3. The number of ether oxygens (including phenoxy) is 1. The fraction of sp³-hybridized carbons (Fsp3) is 0. The first-order chi connectivity index (χ1) is 11.7. The molecular formula is C21H15NO2. The molecular weight excluding hydrogens is 298 g/mol. The Hall–Kier alpha value is -3.51. The van der Waals surface area contributed by atoms with Crippen molar-refractivity contribution in [2.75, 3.05) is 5.73 Å². The summed E-state index contributed by atoms with van der Waals surface area (Å²) in [7, 11) is 0. The van der Waals surface area contributed by atoms with E-state index >= 15 is 0 Å². The van der Waals surface area contributed by atoms with Crippen molar-refractivity contribution in [2.45, 2.75) is 0 Å². The van der Waals surface area contributed by atoms with E-state index < -0.39 is 0 Å². The summed E-state index contributed by atoms with van der Waals surface area (Å²) in [4.78, 5) is 12.6. The second-order valence-corrected chi connectivity index (χ2v) is 5.22. The molecule has 24 heavy (non-hydrogen) atoms. The third-order valence-corrected chi connectivity index (χ3v) is 3.52. The van der Waals surface area contributed by atoms with Gasteiger partial charge in [0.15, 0.2) is 5.78 Å². The molecule has 3 heteroatoms. The van der Waals surface area contributed by atoms with Crippen molar-refractivity contribution in [3.8, 4) is 23.8 Å².